The van der Waals surface area contributed by atoms with E-state index in [2.05, 4.69) is 9.88 Å². The first-order valence-electron chi connectivity index (χ1n) is 9.13. The summed E-state index contributed by atoms with van der Waals surface area (Å²) in [5.74, 6) is -0.172. The van der Waals surface area contributed by atoms with Crippen molar-refractivity contribution in [2.24, 2.45) is 0 Å². The fourth-order valence-electron chi connectivity index (χ4n) is 3.31. The zero-order valence-electron chi connectivity index (χ0n) is 15.7. The first kappa shape index (κ1) is 19.3. The number of nitrogens with one attached hydrogen (secondary N) is 1. The van der Waals surface area contributed by atoms with Crippen molar-refractivity contribution in [3.63, 3.8) is 0 Å². The van der Waals surface area contributed by atoms with Gasteiger partial charge < -0.3 is 9.88 Å². The standard InChI is InChI=1S/C24H18Cl2N2O/c1-16-22(24(29)27-20-13-11-19(26)12-14-20)15-23(17-7-9-18(25)10-8-17)28(16)21-5-3-2-4-6-21/h2-15H,1H3,(H,27,29). The highest BCUT2D eigenvalue weighted by Gasteiger charge is 2.19. The third-order valence-corrected chi connectivity index (χ3v) is 5.25. The molecule has 1 N–H and O–H groups in total. The highest BCUT2D eigenvalue weighted by molar-refractivity contribution is 6.31. The number of halogens is 2. The second-order valence-corrected chi connectivity index (χ2v) is 7.54. The molecule has 0 aliphatic heterocycles. The number of hydrogen-bond donors (Lipinski definition) is 1. The Morgan fingerprint density at radius 2 is 1.41 bits per heavy atom. The molecule has 0 atom stereocenters. The molecule has 144 valence electrons. The van der Waals surface area contributed by atoms with E-state index in [-0.39, 0.29) is 5.91 Å². The molecule has 0 aliphatic rings. The number of benzene rings is 3. The van der Waals surface area contributed by atoms with Crippen molar-refractivity contribution in [3.05, 3.63) is 106 Å². The predicted molar refractivity (Wildman–Crippen MR) is 120 cm³/mol. The molecule has 0 radical (unpaired) electrons. The van der Waals surface area contributed by atoms with Gasteiger partial charge in [-0.25, -0.2) is 0 Å². The molecule has 1 heterocycles. The van der Waals surface area contributed by atoms with Crippen molar-refractivity contribution < 1.29 is 4.79 Å². The Balaban J connectivity index is 1.80. The van der Waals surface area contributed by atoms with Crippen molar-refractivity contribution in [1.29, 1.82) is 0 Å². The number of aromatic nitrogens is 1. The lowest BCUT2D eigenvalue weighted by molar-refractivity contribution is 0.102. The fraction of sp³-hybridized carbons (Fsp3) is 0.0417. The molecule has 0 aliphatic carbocycles. The molecule has 29 heavy (non-hydrogen) atoms. The molecule has 4 rings (SSSR count). The smallest absolute Gasteiger partial charge is 0.257 e. The molecule has 0 unspecified atom stereocenters. The Morgan fingerprint density at radius 3 is 2.03 bits per heavy atom. The van der Waals surface area contributed by atoms with Crippen molar-refractivity contribution >= 4 is 34.8 Å². The van der Waals surface area contributed by atoms with Gasteiger partial charge in [-0.15, -0.1) is 0 Å². The van der Waals surface area contributed by atoms with Crippen LogP contribution in [0.3, 0.4) is 0 Å². The number of para-hydroxylation sites is 1. The number of amides is 1. The van der Waals surface area contributed by atoms with Crippen LogP contribution in [-0.4, -0.2) is 10.5 Å². The van der Waals surface area contributed by atoms with Gasteiger partial charge in [0.25, 0.3) is 5.91 Å². The number of hydrogen-bond acceptors (Lipinski definition) is 1. The van der Waals surface area contributed by atoms with Crippen LogP contribution in [0.4, 0.5) is 5.69 Å². The van der Waals surface area contributed by atoms with Gasteiger partial charge in [0.2, 0.25) is 0 Å². The molecule has 3 nitrogen and oxygen atoms in total. The molecule has 4 aromatic rings. The van der Waals surface area contributed by atoms with Gasteiger partial charge >= 0.3 is 0 Å². The number of rotatable bonds is 4. The molecule has 0 saturated heterocycles. The van der Waals surface area contributed by atoms with E-state index in [1.165, 1.54) is 0 Å². The van der Waals surface area contributed by atoms with Crippen LogP contribution in [0.1, 0.15) is 16.1 Å². The molecule has 3 aromatic carbocycles. The van der Waals surface area contributed by atoms with Crippen molar-refractivity contribution in [1.82, 2.24) is 4.57 Å². The maximum Gasteiger partial charge on any atom is 0.257 e. The van der Waals surface area contributed by atoms with Crippen molar-refractivity contribution in [3.8, 4) is 16.9 Å². The fourth-order valence-corrected chi connectivity index (χ4v) is 3.56. The highest BCUT2D eigenvalue weighted by atomic mass is 35.5. The summed E-state index contributed by atoms with van der Waals surface area (Å²) in [5, 5.41) is 4.24. The van der Waals surface area contributed by atoms with Crippen LogP contribution in [0.25, 0.3) is 16.9 Å². The summed E-state index contributed by atoms with van der Waals surface area (Å²) in [5.41, 5.74) is 5.04. The lowest BCUT2D eigenvalue weighted by atomic mass is 10.1. The van der Waals surface area contributed by atoms with Crippen LogP contribution in [0.2, 0.25) is 10.0 Å². The minimum atomic E-state index is -0.172. The third-order valence-electron chi connectivity index (χ3n) is 4.75. The van der Waals surface area contributed by atoms with Crippen LogP contribution >= 0.6 is 23.2 Å². The van der Waals surface area contributed by atoms with E-state index < -0.39 is 0 Å². The SMILES string of the molecule is Cc1c(C(=O)Nc2ccc(Cl)cc2)cc(-c2ccc(Cl)cc2)n1-c1ccccc1. The predicted octanol–water partition coefficient (Wildman–Crippen LogP) is 7.01. The second-order valence-electron chi connectivity index (χ2n) is 6.67. The van der Waals surface area contributed by atoms with Gasteiger partial charge in [-0.05, 0) is 67.1 Å². The number of anilines is 1. The largest absolute Gasteiger partial charge is 0.322 e. The Bertz CT molecular complexity index is 1150. The van der Waals surface area contributed by atoms with E-state index in [1.807, 2.05) is 67.6 Å². The van der Waals surface area contributed by atoms with E-state index >= 15 is 0 Å². The van der Waals surface area contributed by atoms with Gasteiger partial charge in [0, 0.05) is 27.1 Å². The van der Waals surface area contributed by atoms with Gasteiger partial charge in [-0.3, -0.25) is 4.79 Å². The maximum absolute atomic E-state index is 13.0. The molecule has 1 amide bonds. The summed E-state index contributed by atoms with van der Waals surface area (Å²) in [6.45, 7) is 1.95. The average molecular weight is 421 g/mol. The van der Waals surface area contributed by atoms with Gasteiger partial charge in [0.15, 0.2) is 0 Å². The molecular formula is C24H18Cl2N2O. The first-order valence-corrected chi connectivity index (χ1v) is 9.89. The third kappa shape index (κ3) is 4.07. The van der Waals surface area contributed by atoms with Crippen LogP contribution in [0, 0.1) is 6.92 Å². The zero-order valence-corrected chi connectivity index (χ0v) is 17.2. The summed E-state index contributed by atoms with van der Waals surface area (Å²) < 4.78 is 2.08. The second kappa shape index (κ2) is 8.16. The summed E-state index contributed by atoms with van der Waals surface area (Å²) in [6, 6.07) is 26.6. The molecule has 0 fully saturated rings. The highest BCUT2D eigenvalue weighted by Crippen LogP contribution is 2.31. The van der Waals surface area contributed by atoms with Gasteiger partial charge in [-0.1, -0.05) is 53.5 Å². The first-order chi connectivity index (χ1) is 14.0. The number of carbonyl (C=O) groups is 1. The van der Waals surface area contributed by atoms with E-state index in [0.717, 1.165) is 22.6 Å². The van der Waals surface area contributed by atoms with Gasteiger partial charge in [0.1, 0.15) is 0 Å². The molecule has 0 saturated carbocycles. The average Bonchev–Trinajstić information content (AvgIpc) is 3.08. The van der Waals surface area contributed by atoms with E-state index in [0.29, 0.717) is 21.3 Å². The Kier molecular flexibility index (Phi) is 5.43. The van der Waals surface area contributed by atoms with Crippen LogP contribution in [0.15, 0.2) is 84.9 Å². The monoisotopic (exact) mass is 420 g/mol. The summed E-state index contributed by atoms with van der Waals surface area (Å²) in [7, 11) is 0. The summed E-state index contributed by atoms with van der Waals surface area (Å²) >= 11 is 12.0. The van der Waals surface area contributed by atoms with E-state index in [1.54, 1.807) is 24.3 Å². The number of carbonyl (C=O) groups excluding carboxylic acids is 1. The van der Waals surface area contributed by atoms with Gasteiger partial charge in [-0.2, -0.15) is 0 Å². The van der Waals surface area contributed by atoms with Crippen LogP contribution < -0.4 is 5.32 Å². The molecule has 0 spiro atoms. The Morgan fingerprint density at radius 1 is 0.828 bits per heavy atom. The Labute approximate surface area is 179 Å². The summed E-state index contributed by atoms with van der Waals surface area (Å²) in [4.78, 5) is 13.0. The summed E-state index contributed by atoms with van der Waals surface area (Å²) in [6.07, 6.45) is 0. The van der Waals surface area contributed by atoms with Crippen molar-refractivity contribution in [2.75, 3.05) is 5.32 Å². The van der Waals surface area contributed by atoms with E-state index in [4.69, 9.17) is 23.2 Å². The normalized spacial score (nSPS) is 10.7. The minimum absolute atomic E-state index is 0.172. The molecule has 1 aromatic heterocycles. The topological polar surface area (TPSA) is 34.0 Å². The Hall–Kier alpha value is -3.01. The molecule has 5 heteroatoms. The number of nitrogens with zero attached hydrogens (tertiary/aromatic N) is 1. The lowest BCUT2D eigenvalue weighted by Gasteiger charge is -2.12. The molecular weight excluding hydrogens is 403 g/mol. The van der Waals surface area contributed by atoms with E-state index in [9.17, 15) is 4.79 Å². The minimum Gasteiger partial charge on any atom is -0.322 e. The van der Waals surface area contributed by atoms with Crippen LogP contribution in [-0.2, 0) is 0 Å². The van der Waals surface area contributed by atoms with Crippen LogP contribution in [0.5, 0.6) is 0 Å². The quantitative estimate of drug-likeness (QED) is 0.378. The maximum atomic E-state index is 13.0. The zero-order chi connectivity index (χ0) is 20.4. The lowest BCUT2D eigenvalue weighted by Crippen LogP contribution is -2.13. The molecule has 0 bridgehead atoms. The van der Waals surface area contributed by atoms with Gasteiger partial charge in [0.05, 0.1) is 11.3 Å². The van der Waals surface area contributed by atoms with Crippen molar-refractivity contribution in [2.45, 2.75) is 6.92 Å².